The topological polar surface area (TPSA) is 197 Å². The Morgan fingerprint density at radius 1 is 1.18 bits per heavy atom. The van der Waals surface area contributed by atoms with Crippen molar-refractivity contribution in [1.29, 1.82) is 0 Å². The Balaban J connectivity index is 2.14. The zero-order valence-electron chi connectivity index (χ0n) is 22.2. The van der Waals surface area contributed by atoms with Gasteiger partial charge in [-0.05, 0) is 32.8 Å². The molecule has 38 heavy (non-hydrogen) atoms. The summed E-state index contributed by atoms with van der Waals surface area (Å²) in [6.07, 6.45) is 3.23. The van der Waals surface area contributed by atoms with Crippen LogP contribution in [-0.4, -0.2) is 75.2 Å². The molecule has 1 aromatic heterocycles. The number of aliphatic hydroxyl groups excluding tert-OH is 1. The molecular weight excluding hydrogens is 519 g/mol. The van der Waals surface area contributed by atoms with E-state index in [-0.39, 0.29) is 25.5 Å². The molecule has 0 radical (unpaired) electrons. The molecule has 0 bridgehead atoms. The van der Waals surface area contributed by atoms with Gasteiger partial charge in [-0.1, -0.05) is 26.7 Å². The van der Waals surface area contributed by atoms with Crippen molar-refractivity contribution in [3.05, 3.63) is 24.0 Å². The third-order valence-corrected chi connectivity index (χ3v) is 7.71. The van der Waals surface area contributed by atoms with Crippen LogP contribution < -0.4 is 15.9 Å². The van der Waals surface area contributed by atoms with Crippen LogP contribution in [0.5, 0.6) is 0 Å². The molecule has 1 amide bonds. The van der Waals surface area contributed by atoms with E-state index in [2.05, 4.69) is 20.3 Å². The summed E-state index contributed by atoms with van der Waals surface area (Å²) in [5, 5.41) is 19.8. The van der Waals surface area contributed by atoms with Gasteiger partial charge in [0.05, 0.1) is 19.3 Å². The smallest absolute Gasteiger partial charge is 0.323 e. The van der Waals surface area contributed by atoms with Gasteiger partial charge in [-0.2, -0.15) is 0 Å². The van der Waals surface area contributed by atoms with E-state index < -0.39 is 55.8 Å². The van der Waals surface area contributed by atoms with Crippen LogP contribution in [-0.2, 0) is 28.4 Å². The monoisotopic (exact) mass is 558 g/mol. The molecule has 1 aliphatic heterocycles. The van der Waals surface area contributed by atoms with E-state index in [0.717, 1.165) is 12.8 Å². The van der Waals surface area contributed by atoms with E-state index in [1.807, 2.05) is 13.8 Å². The number of carbonyl (C=O) groups is 3. The summed E-state index contributed by atoms with van der Waals surface area (Å²) in [4.78, 5) is 39.8. The fourth-order valence-corrected chi connectivity index (χ4v) is 5.50. The van der Waals surface area contributed by atoms with Gasteiger partial charge in [0.1, 0.15) is 24.5 Å². The molecule has 0 aromatic carbocycles. The van der Waals surface area contributed by atoms with Crippen LogP contribution in [0, 0.1) is 0 Å². The van der Waals surface area contributed by atoms with Crippen LogP contribution in [0.15, 0.2) is 18.2 Å². The summed E-state index contributed by atoms with van der Waals surface area (Å²) in [6, 6.07) is -1.91. The van der Waals surface area contributed by atoms with Gasteiger partial charge in [0, 0.05) is 12.2 Å². The Morgan fingerprint density at radius 3 is 2.21 bits per heavy atom. The number of ether oxygens (including phenoxy) is 3. The zero-order valence-corrected chi connectivity index (χ0v) is 23.1. The summed E-state index contributed by atoms with van der Waals surface area (Å²) >= 11 is 0. The average Bonchev–Trinajstić information content (AvgIpc) is 3.49. The SMILES string of the molecule is CCCCOC(=O)[C@H](C)NP(=O)(/C=C/[C@@H]1C[C@@H](O)[C@H](n2cnc(C(N)=O)n2)O1)N[C@H](C)C(=O)OCCCC. The van der Waals surface area contributed by atoms with Crippen molar-refractivity contribution in [3.63, 3.8) is 0 Å². The molecule has 2 heterocycles. The molecule has 14 nitrogen and oxygen atoms in total. The number of carbonyl (C=O) groups excluding carboxylic acids is 3. The Bertz CT molecular complexity index is 984. The lowest BCUT2D eigenvalue weighted by molar-refractivity contribution is -0.145. The Hall–Kier alpha value is -2.64. The van der Waals surface area contributed by atoms with Crippen molar-refractivity contribution in [1.82, 2.24) is 24.9 Å². The van der Waals surface area contributed by atoms with Crippen LogP contribution in [0.25, 0.3) is 0 Å². The van der Waals surface area contributed by atoms with Gasteiger partial charge in [-0.25, -0.2) is 19.8 Å². The maximum Gasteiger partial charge on any atom is 0.323 e. The first-order chi connectivity index (χ1) is 18.0. The fraction of sp³-hybridized carbons (Fsp3) is 0.696. The minimum atomic E-state index is -3.73. The molecule has 1 unspecified atom stereocenters. The van der Waals surface area contributed by atoms with Crippen LogP contribution >= 0.6 is 7.44 Å². The van der Waals surface area contributed by atoms with Crippen LogP contribution in [0.3, 0.4) is 0 Å². The second-order valence-corrected chi connectivity index (χ2v) is 11.2. The lowest BCUT2D eigenvalue weighted by Crippen LogP contribution is -2.41. The van der Waals surface area contributed by atoms with Crippen LogP contribution in [0.1, 0.15) is 76.6 Å². The number of rotatable bonds is 16. The van der Waals surface area contributed by atoms with E-state index in [1.54, 1.807) is 0 Å². The Labute approximate surface area is 222 Å². The predicted molar refractivity (Wildman–Crippen MR) is 137 cm³/mol. The first-order valence-corrected chi connectivity index (χ1v) is 14.5. The lowest BCUT2D eigenvalue weighted by Gasteiger charge is -2.24. The van der Waals surface area contributed by atoms with Crippen molar-refractivity contribution in [2.24, 2.45) is 5.73 Å². The number of nitrogens with zero attached hydrogens (tertiary/aromatic N) is 3. The third-order valence-electron chi connectivity index (χ3n) is 5.58. The zero-order chi connectivity index (χ0) is 28.3. The highest BCUT2D eigenvalue weighted by molar-refractivity contribution is 7.63. The number of unbranched alkanes of at least 4 members (excludes halogenated alkanes) is 2. The Morgan fingerprint density at radius 2 is 1.74 bits per heavy atom. The highest BCUT2D eigenvalue weighted by atomic mass is 31.2. The van der Waals surface area contributed by atoms with E-state index in [9.17, 15) is 24.1 Å². The summed E-state index contributed by atoms with van der Waals surface area (Å²) < 4.78 is 31.2. The molecule has 1 aromatic rings. The quantitative estimate of drug-likeness (QED) is 0.129. The van der Waals surface area contributed by atoms with E-state index in [1.165, 1.54) is 36.7 Å². The molecule has 1 aliphatic rings. The summed E-state index contributed by atoms with van der Waals surface area (Å²) in [6.45, 7) is 7.42. The van der Waals surface area contributed by atoms with Crippen molar-refractivity contribution >= 4 is 25.3 Å². The predicted octanol–water partition coefficient (Wildman–Crippen LogP) is 1.38. The van der Waals surface area contributed by atoms with Crippen LogP contribution in [0.4, 0.5) is 0 Å². The number of amides is 1. The third kappa shape index (κ3) is 9.59. The number of esters is 2. The number of nitrogens with one attached hydrogen (secondary N) is 2. The van der Waals surface area contributed by atoms with Gasteiger partial charge in [0.2, 0.25) is 13.3 Å². The first kappa shape index (κ1) is 31.6. The summed E-state index contributed by atoms with van der Waals surface area (Å²) in [7, 11) is -3.73. The van der Waals surface area contributed by atoms with Crippen molar-refractivity contribution in [3.8, 4) is 0 Å². The number of hydrogen-bond acceptors (Lipinski definition) is 10. The molecule has 15 heteroatoms. The van der Waals surface area contributed by atoms with Crippen LogP contribution in [0.2, 0.25) is 0 Å². The highest BCUT2D eigenvalue weighted by Crippen LogP contribution is 2.41. The molecule has 214 valence electrons. The molecule has 0 spiro atoms. The highest BCUT2D eigenvalue weighted by Gasteiger charge is 2.36. The van der Waals surface area contributed by atoms with Gasteiger partial charge < -0.3 is 25.1 Å². The fourth-order valence-electron chi connectivity index (χ4n) is 3.46. The second-order valence-electron chi connectivity index (χ2n) is 9.02. The van der Waals surface area contributed by atoms with E-state index >= 15 is 0 Å². The minimum Gasteiger partial charge on any atom is -0.465 e. The lowest BCUT2D eigenvalue weighted by atomic mass is 10.2. The summed E-state index contributed by atoms with van der Waals surface area (Å²) in [5.41, 5.74) is 5.17. The minimum absolute atomic E-state index is 0.121. The number of nitrogens with two attached hydrogens (primary N) is 1. The number of primary amides is 1. The standard InChI is InChI=1S/C23H39N6O8P/c1-5-7-10-35-22(32)15(3)27-38(34,28-16(4)23(33)36-11-8-6-2)12-9-17-13-18(30)21(37-17)29-14-25-20(26-29)19(24)31/h9,12,14-18,21,30H,5-8,10-11,13H2,1-4H3,(H2,24,31)(H2,27,28,34)/b12-9+/t15-,16+,17-,18-,21-,38?/m1/s1. The van der Waals surface area contributed by atoms with Gasteiger partial charge in [0.15, 0.2) is 6.23 Å². The second kappa shape index (κ2) is 15.1. The largest absolute Gasteiger partial charge is 0.465 e. The Kier molecular flexibility index (Phi) is 12.5. The molecular formula is C23H39N6O8P. The van der Waals surface area contributed by atoms with Crippen molar-refractivity contribution in [2.45, 2.75) is 90.3 Å². The maximum atomic E-state index is 13.8. The molecule has 1 saturated heterocycles. The number of aliphatic hydroxyl groups is 1. The van der Waals surface area contributed by atoms with Gasteiger partial charge in [-0.3, -0.25) is 18.9 Å². The van der Waals surface area contributed by atoms with Gasteiger partial charge >= 0.3 is 11.9 Å². The number of aromatic nitrogens is 3. The number of hydrogen-bond donors (Lipinski definition) is 4. The van der Waals surface area contributed by atoms with Gasteiger partial charge in [0.25, 0.3) is 5.91 Å². The normalized spacial score (nSPS) is 22.6. The molecule has 5 N–H and O–H groups in total. The maximum absolute atomic E-state index is 13.8. The van der Waals surface area contributed by atoms with Gasteiger partial charge in [-0.15, -0.1) is 5.10 Å². The molecule has 6 atom stereocenters. The molecule has 2 rings (SSSR count). The van der Waals surface area contributed by atoms with Crippen molar-refractivity contribution < 1.29 is 38.3 Å². The van der Waals surface area contributed by atoms with E-state index in [4.69, 9.17) is 19.9 Å². The molecule has 0 aliphatic carbocycles. The molecule has 1 fully saturated rings. The molecule has 0 saturated carbocycles. The first-order valence-electron chi connectivity index (χ1n) is 12.7. The average molecular weight is 559 g/mol. The van der Waals surface area contributed by atoms with Crippen molar-refractivity contribution in [2.75, 3.05) is 13.2 Å². The summed E-state index contributed by atoms with van der Waals surface area (Å²) in [5.74, 6) is -0.936. The van der Waals surface area contributed by atoms with E-state index in [0.29, 0.717) is 12.8 Å².